The molecule has 0 spiro atoms. The largest absolute Gasteiger partial charge is 0.350 e. The molecule has 0 saturated heterocycles. The van der Waals surface area contributed by atoms with Crippen molar-refractivity contribution >= 4 is 17.3 Å². The van der Waals surface area contributed by atoms with E-state index in [1.807, 2.05) is 6.92 Å². The molecule has 0 aliphatic heterocycles. The number of benzene rings is 1. The maximum atomic E-state index is 12.2. The third kappa shape index (κ3) is 4.71. The first-order valence-corrected chi connectivity index (χ1v) is 6.91. The molecule has 1 unspecified atom stereocenters. The number of hydrogen-bond acceptors (Lipinski definition) is 5. The number of amides is 1. The molecule has 1 aromatic rings. The van der Waals surface area contributed by atoms with E-state index < -0.39 is 4.92 Å². The average Bonchev–Trinajstić information content (AvgIpc) is 2.43. The number of hydrogen-bond donors (Lipinski definition) is 3. The Morgan fingerprint density at radius 2 is 2.00 bits per heavy atom. The minimum Gasteiger partial charge on any atom is -0.350 e. The first-order chi connectivity index (χ1) is 9.86. The Kier molecular flexibility index (Phi) is 6.10. The fraction of sp³-hybridized carbons (Fsp3) is 0.500. The van der Waals surface area contributed by atoms with Gasteiger partial charge < -0.3 is 10.7 Å². The Bertz CT molecular complexity index is 517. The summed E-state index contributed by atoms with van der Waals surface area (Å²) in [5, 5.41) is 13.8. The fourth-order valence-electron chi connectivity index (χ4n) is 1.99. The molecule has 21 heavy (non-hydrogen) atoms. The maximum absolute atomic E-state index is 12.2. The van der Waals surface area contributed by atoms with E-state index in [-0.39, 0.29) is 28.9 Å². The van der Waals surface area contributed by atoms with Gasteiger partial charge >= 0.3 is 0 Å². The lowest BCUT2D eigenvalue weighted by Gasteiger charge is -2.16. The van der Waals surface area contributed by atoms with Crippen LogP contribution < -0.4 is 16.6 Å². The maximum Gasteiger partial charge on any atom is 0.294 e. The molecule has 1 aromatic carbocycles. The van der Waals surface area contributed by atoms with Crippen LogP contribution in [-0.2, 0) is 0 Å². The van der Waals surface area contributed by atoms with E-state index in [0.29, 0.717) is 5.92 Å². The van der Waals surface area contributed by atoms with Crippen molar-refractivity contribution in [3.8, 4) is 0 Å². The van der Waals surface area contributed by atoms with E-state index in [9.17, 15) is 14.9 Å². The van der Waals surface area contributed by atoms with Gasteiger partial charge in [-0.25, -0.2) is 0 Å². The van der Waals surface area contributed by atoms with Crippen molar-refractivity contribution in [3.05, 3.63) is 33.9 Å². The third-order valence-electron chi connectivity index (χ3n) is 3.18. The van der Waals surface area contributed by atoms with Crippen molar-refractivity contribution in [3.63, 3.8) is 0 Å². The number of carbonyl (C=O) groups is 1. The predicted molar refractivity (Wildman–Crippen MR) is 81.9 cm³/mol. The van der Waals surface area contributed by atoms with Crippen molar-refractivity contribution in [1.29, 1.82) is 0 Å². The molecular weight excluding hydrogens is 272 g/mol. The monoisotopic (exact) mass is 294 g/mol. The number of nitrogens with zero attached hydrogens (tertiary/aromatic N) is 1. The number of nitro benzene ring substituents is 1. The minimum atomic E-state index is -0.575. The standard InChI is InChI=1S/C14H22N4O3/c1-9(2)7-8-10(3)16-14(19)11-5-4-6-12(18(20)21)13(11)17-15/h4-6,9-10,17H,7-8,15H2,1-3H3,(H,16,19). The van der Waals surface area contributed by atoms with Crippen molar-refractivity contribution in [2.75, 3.05) is 5.43 Å². The van der Waals surface area contributed by atoms with Gasteiger partial charge in [-0.2, -0.15) is 0 Å². The van der Waals surface area contributed by atoms with Gasteiger partial charge in [-0.15, -0.1) is 0 Å². The normalized spacial score (nSPS) is 12.0. The highest BCUT2D eigenvalue weighted by molar-refractivity contribution is 6.01. The number of rotatable bonds is 7. The van der Waals surface area contributed by atoms with Gasteiger partial charge in [0.1, 0.15) is 5.69 Å². The molecule has 0 heterocycles. The Labute approximate surface area is 124 Å². The number of nitrogens with two attached hydrogens (primary N) is 1. The summed E-state index contributed by atoms with van der Waals surface area (Å²) in [6.07, 6.45) is 1.85. The molecule has 7 heteroatoms. The van der Waals surface area contributed by atoms with Gasteiger partial charge in [-0.1, -0.05) is 19.9 Å². The zero-order valence-electron chi connectivity index (χ0n) is 12.6. The van der Waals surface area contributed by atoms with Crippen LogP contribution in [-0.4, -0.2) is 16.9 Å². The molecule has 1 rings (SSSR count). The molecular formula is C14H22N4O3. The second-order valence-corrected chi connectivity index (χ2v) is 5.45. The average molecular weight is 294 g/mol. The number of para-hydroxylation sites is 1. The number of carbonyl (C=O) groups excluding carboxylic acids is 1. The van der Waals surface area contributed by atoms with E-state index in [1.165, 1.54) is 18.2 Å². The number of nitrogen functional groups attached to an aromatic ring is 1. The van der Waals surface area contributed by atoms with Gasteiger partial charge in [0.05, 0.1) is 10.5 Å². The summed E-state index contributed by atoms with van der Waals surface area (Å²) in [6.45, 7) is 6.14. The number of nitro groups is 1. The van der Waals surface area contributed by atoms with E-state index in [1.54, 1.807) is 0 Å². The first kappa shape index (κ1) is 16.9. The highest BCUT2D eigenvalue weighted by Gasteiger charge is 2.21. The quantitative estimate of drug-likeness (QED) is 0.406. The number of hydrazine groups is 1. The van der Waals surface area contributed by atoms with Crippen molar-refractivity contribution < 1.29 is 9.72 Å². The summed E-state index contributed by atoms with van der Waals surface area (Å²) < 4.78 is 0. The topological polar surface area (TPSA) is 110 Å². The molecule has 0 radical (unpaired) electrons. The van der Waals surface area contributed by atoms with Crippen LogP contribution in [0.25, 0.3) is 0 Å². The van der Waals surface area contributed by atoms with Gasteiger partial charge in [0.25, 0.3) is 11.6 Å². The van der Waals surface area contributed by atoms with Gasteiger partial charge in [0, 0.05) is 12.1 Å². The molecule has 0 fully saturated rings. The molecule has 1 amide bonds. The Morgan fingerprint density at radius 1 is 1.33 bits per heavy atom. The summed E-state index contributed by atoms with van der Waals surface area (Å²) in [7, 11) is 0. The van der Waals surface area contributed by atoms with Crippen molar-refractivity contribution in [1.82, 2.24) is 5.32 Å². The molecule has 7 nitrogen and oxygen atoms in total. The van der Waals surface area contributed by atoms with Crippen molar-refractivity contribution in [2.45, 2.75) is 39.7 Å². The molecule has 0 aliphatic carbocycles. The summed E-state index contributed by atoms with van der Waals surface area (Å²) in [4.78, 5) is 22.6. The van der Waals surface area contributed by atoms with E-state index >= 15 is 0 Å². The highest BCUT2D eigenvalue weighted by Crippen LogP contribution is 2.27. The smallest absolute Gasteiger partial charge is 0.294 e. The van der Waals surface area contributed by atoms with Gasteiger partial charge in [0.2, 0.25) is 0 Å². The second kappa shape index (κ2) is 7.58. The molecule has 0 saturated carbocycles. The molecule has 4 N–H and O–H groups in total. The summed E-state index contributed by atoms with van der Waals surface area (Å²) in [6, 6.07) is 4.26. The van der Waals surface area contributed by atoms with E-state index in [4.69, 9.17) is 5.84 Å². The van der Waals surface area contributed by atoms with Crippen molar-refractivity contribution in [2.24, 2.45) is 11.8 Å². The van der Waals surface area contributed by atoms with Crippen LogP contribution in [0.1, 0.15) is 44.0 Å². The molecule has 0 aromatic heterocycles. The zero-order chi connectivity index (χ0) is 16.0. The van der Waals surface area contributed by atoms with Crippen LogP contribution in [0.2, 0.25) is 0 Å². The third-order valence-corrected chi connectivity index (χ3v) is 3.18. The summed E-state index contributed by atoms with van der Waals surface area (Å²) in [5.74, 6) is 5.51. The van der Waals surface area contributed by atoms with Crippen LogP contribution >= 0.6 is 0 Å². The Hall–Kier alpha value is -2.15. The summed E-state index contributed by atoms with van der Waals surface area (Å²) >= 11 is 0. The van der Waals surface area contributed by atoms with Crippen LogP contribution in [0.3, 0.4) is 0 Å². The lowest BCUT2D eigenvalue weighted by molar-refractivity contribution is -0.384. The fourth-order valence-corrected chi connectivity index (χ4v) is 1.99. The first-order valence-electron chi connectivity index (χ1n) is 6.91. The van der Waals surface area contributed by atoms with Gasteiger partial charge in [0.15, 0.2) is 0 Å². The van der Waals surface area contributed by atoms with Crippen LogP contribution in [0.4, 0.5) is 11.4 Å². The Morgan fingerprint density at radius 3 is 2.52 bits per heavy atom. The zero-order valence-corrected chi connectivity index (χ0v) is 12.6. The molecule has 116 valence electrons. The highest BCUT2D eigenvalue weighted by atomic mass is 16.6. The number of anilines is 1. The van der Waals surface area contributed by atoms with Gasteiger partial charge in [-0.3, -0.25) is 20.8 Å². The lowest BCUT2D eigenvalue weighted by atomic mass is 10.0. The van der Waals surface area contributed by atoms with E-state index in [0.717, 1.165) is 12.8 Å². The Balaban J connectivity index is 2.87. The second-order valence-electron chi connectivity index (χ2n) is 5.45. The molecule has 1 atom stereocenters. The SMILES string of the molecule is CC(C)CCC(C)NC(=O)c1cccc([N+](=O)[O-])c1NN. The summed E-state index contributed by atoms with van der Waals surface area (Å²) in [5.41, 5.74) is 2.22. The molecule has 0 bridgehead atoms. The minimum absolute atomic E-state index is 0.00946. The number of nitrogens with one attached hydrogen (secondary N) is 2. The lowest BCUT2D eigenvalue weighted by Crippen LogP contribution is -2.33. The van der Waals surface area contributed by atoms with Gasteiger partial charge in [-0.05, 0) is 31.7 Å². The molecule has 0 aliphatic rings. The van der Waals surface area contributed by atoms with Crippen LogP contribution in [0, 0.1) is 16.0 Å². The van der Waals surface area contributed by atoms with Crippen LogP contribution in [0.5, 0.6) is 0 Å². The predicted octanol–water partition coefficient (Wildman–Crippen LogP) is 2.43. The van der Waals surface area contributed by atoms with E-state index in [2.05, 4.69) is 24.6 Å². The van der Waals surface area contributed by atoms with Crippen LogP contribution in [0.15, 0.2) is 18.2 Å².